The van der Waals surface area contributed by atoms with Gasteiger partial charge in [-0.05, 0) is 36.2 Å². The number of benzene rings is 2. The molecule has 1 amide bonds. The van der Waals surface area contributed by atoms with Crippen molar-refractivity contribution in [1.29, 1.82) is 0 Å². The summed E-state index contributed by atoms with van der Waals surface area (Å²) in [4.78, 5) is 12.0. The van der Waals surface area contributed by atoms with Crippen molar-refractivity contribution in [1.82, 2.24) is 5.32 Å². The van der Waals surface area contributed by atoms with E-state index in [1.165, 1.54) is 6.07 Å². The lowest BCUT2D eigenvalue weighted by molar-refractivity contribution is 0.0951. The van der Waals surface area contributed by atoms with Crippen molar-refractivity contribution in [3.63, 3.8) is 0 Å². The number of para-hydroxylation sites is 1. The Bertz CT molecular complexity index is 643. The van der Waals surface area contributed by atoms with Crippen LogP contribution in [0.4, 0.5) is 0 Å². The molecule has 2 aromatic carbocycles. The Morgan fingerprint density at radius 1 is 1.29 bits per heavy atom. The van der Waals surface area contributed by atoms with E-state index in [-0.39, 0.29) is 17.2 Å². The lowest BCUT2D eigenvalue weighted by atomic mass is 10.1. The fraction of sp³-hybridized carbons (Fsp3) is 0.188. The van der Waals surface area contributed by atoms with Crippen LogP contribution in [0.5, 0.6) is 11.5 Å². The van der Waals surface area contributed by atoms with Crippen LogP contribution in [0.1, 0.15) is 15.9 Å². The molecule has 0 aliphatic carbocycles. The van der Waals surface area contributed by atoms with Crippen molar-refractivity contribution in [3.05, 3.63) is 58.1 Å². The smallest absolute Gasteiger partial charge is 0.255 e. The minimum absolute atomic E-state index is 0.0343. The van der Waals surface area contributed by atoms with E-state index in [9.17, 15) is 9.90 Å². The van der Waals surface area contributed by atoms with Gasteiger partial charge in [-0.2, -0.15) is 0 Å². The predicted molar refractivity (Wildman–Crippen MR) is 84.8 cm³/mol. The number of aromatic hydroxyl groups is 1. The second-order valence-corrected chi connectivity index (χ2v) is 5.39. The fourth-order valence-electron chi connectivity index (χ4n) is 2.01. The van der Waals surface area contributed by atoms with Gasteiger partial charge in [-0.3, -0.25) is 4.79 Å². The average molecular weight is 350 g/mol. The van der Waals surface area contributed by atoms with E-state index in [0.29, 0.717) is 13.0 Å². The molecule has 0 unspecified atom stereocenters. The number of methoxy groups -OCH3 is 1. The van der Waals surface area contributed by atoms with Crippen molar-refractivity contribution in [2.75, 3.05) is 13.7 Å². The molecule has 2 aromatic rings. The van der Waals surface area contributed by atoms with Gasteiger partial charge >= 0.3 is 0 Å². The highest BCUT2D eigenvalue weighted by atomic mass is 79.9. The molecule has 0 bridgehead atoms. The number of ether oxygens (including phenoxy) is 1. The van der Waals surface area contributed by atoms with Crippen LogP contribution in [0.3, 0.4) is 0 Å². The fourth-order valence-corrected chi connectivity index (χ4v) is 2.37. The zero-order chi connectivity index (χ0) is 15.2. The van der Waals surface area contributed by atoms with Crippen LogP contribution < -0.4 is 10.1 Å². The molecule has 2 N–H and O–H groups in total. The summed E-state index contributed by atoms with van der Waals surface area (Å²) < 4.78 is 6.01. The molecule has 0 aliphatic rings. The van der Waals surface area contributed by atoms with Crippen molar-refractivity contribution in [2.45, 2.75) is 6.42 Å². The molecule has 2 rings (SSSR count). The first-order valence-electron chi connectivity index (χ1n) is 6.50. The number of carbonyl (C=O) groups excluding carboxylic acids is 1. The summed E-state index contributed by atoms with van der Waals surface area (Å²) in [7, 11) is 1.62. The highest BCUT2D eigenvalue weighted by Gasteiger charge is 2.11. The molecule has 0 atom stereocenters. The number of hydrogen-bond acceptors (Lipinski definition) is 3. The number of nitrogens with one attached hydrogen (secondary N) is 1. The Morgan fingerprint density at radius 2 is 2.05 bits per heavy atom. The minimum Gasteiger partial charge on any atom is -0.507 e. The molecule has 0 fully saturated rings. The largest absolute Gasteiger partial charge is 0.507 e. The number of carbonyl (C=O) groups is 1. The lowest BCUT2D eigenvalue weighted by Gasteiger charge is -2.10. The van der Waals surface area contributed by atoms with Crippen LogP contribution in [0.2, 0.25) is 0 Å². The van der Waals surface area contributed by atoms with Crippen molar-refractivity contribution < 1.29 is 14.6 Å². The monoisotopic (exact) mass is 349 g/mol. The number of amides is 1. The van der Waals surface area contributed by atoms with E-state index < -0.39 is 0 Å². The summed E-state index contributed by atoms with van der Waals surface area (Å²) in [6.45, 7) is 0.463. The van der Waals surface area contributed by atoms with Gasteiger partial charge in [0, 0.05) is 11.0 Å². The zero-order valence-electron chi connectivity index (χ0n) is 11.6. The van der Waals surface area contributed by atoms with Gasteiger partial charge in [-0.15, -0.1) is 0 Å². The second kappa shape index (κ2) is 7.13. The van der Waals surface area contributed by atoms with E-state index in [2.05, 4.69) is 21.2 Å². The third kappa shape index (κ3) is 3.98. The van der Waals surface area contributed by atoms with E-state index in [1.807, 2.05) is 24.3 Å². The van der Waals surface area contributed by atoms with Crippen LogP contribution in [-0.2, 0) is 6.42 Å². The maximum Gasteiger partial charge on any atom is 0.255 e. The number of halogens is 1. The van der Waals surface area contributed by atoms with Gasteiger partial charge in [-0.1, -0.05) is 34.1 Å². The van der Waals surface area contributed by atoms with Gasteiger partial charge < -0.3 is 15.2 Å². The standard InChI is InChI=1S/C16H16BrNO3/c1-21-15-5-3-2-4-11(15)8-9-18-16(20)13-10-12(17)6-7-14(13)19/h2-7,10,19H,8-9H2,1H3,(H,18,20). The highest BCUT2D eigenvalue weighted by molar-refractivity contribution is 9.10. The topological polar surface area (TPSA) is 58.6 Å². The van der Waals surface area contributed by atoms with Crippen molar-refractivity contribution in [2.24, 2.45) is 0 Å². The Balaban J connectivity index is 1.97. The quantitative estimate of drug-likeness (QED) is 0.871. The van der Waals surface area contributed by atoms with E-state index in [1.54, 1.807) is 19.2 Å². The molecule has 4 nitrogen and oxygen atoms in total. The molecule has 21 heavy (non-hydrogen) atoms. The van der Waals surface area contributed by atoms with Crippen molar-refractivity contribution >= 4 is 21.8 Å². The van der Waals surface area contributed by atoms with Gasteiger partial charge in [-0.25, -0.2) is 0 Å². The SMILES string of the molecule is COc1ccccc1CCNC(=O)c1cc(Br)ccc1O. The Morgan fingerprint density at radius 3 is 2.81 bits per heavy atom. The molecular formula is C16H16BrNO3. The van der Waals surface area contributed by atoms with Crippen LogP contribution in [0.25, 0.3) is 0 Å². The Kier molecular flexibility index (Phi) is 5.22. The van der Waals surface area contributed by atoms with Gasteiger partial charge in [0.25, 0.3) is 5.91 Å². The third-order valence-corrected chi connectivity index (χ3v) is 3.57. The van der Waals surface area contributed by atoms with Gasteiger partial charge in [0.15, 0.2) is 0 Å². The van der Waals surface area contributed by atoms with Gasteiger partial charge in [0.05, 0.1) is 12.7 Å². The molecule has 0 aliphatic heterocycles. The first-order valence-corrected chi connectivity index (χ1v) is 7.29. The highest BCUT2D eigenvalue weighted by Crippen LogP contribution is 2.22. The number of phenolic OH excluding ortho intramolecular Hbond substituents is 1. The summed E-state index contributed by atoms with van der Waals surface area (Å²) in [6, 6.07) is 12.4. The average Bonchev–Trinajstić information content (AvgIpc) is 2.50. The first kappa shape index (κ1) is 15.4. The predicted octanol–water partition coefficient (Wildman–Crippen LogP) is 3.14. The van der Waals surface area contributed by atoms with Crippen molar-refractivity contribution in [3.8, 4) is 11.5 Å². The number of hydrogen-bond donors (Lipinski definition) is 2. The summed E-state index contributed by atoms with van der Waals surface area (Å²) in [5, 5.41) is 12.5. The first-order chi connectivity index (χ1) is 10.1. The molecule has 0 saturated heterocycles. The summed E-state index contributed by atoms with van der Waals surface area (Å²) in [6.07, 6.45) is 0.657. The van der Waals surface area contributed by atoms with Crippen LogP contribution >= 0.6 is 15.9 Å². The van der Waals surface area contributed by atoms with Gasteiger partial charge in [0.1, 0.15) is 11.5 Å². The molecular weight excluding hydrogens is 334 g/mol. The number of phenols is 1. The Labute approximate surface area is 131 Å². The van der Waals surface area contributed by atoms with E-state index in [4.69, 9.17) is 4.74 Å². The minimum atomic E-state index is -0.302. The summed E-state index contributed by atoms with van der Waals surface area (Å²) in [5.41, 5.74) is 1.28. The van der Waals surface area contributed by atoms with Crippen LogP contribution in [0, 0.1) is 0 Å². The Hall–Kier alpha value is -2.01. The third-order valence-electron chi connectivity index (χ3n) is 3.08. The molecule has 110 valence electrons. The molecule has 0 spiro atoms. The summed E-state index contributed by atoms with van der Waals surface area (Å²) in [5.74, 6) is 0.466. The summed E-state index contributed by atoms with van der Waals surface area (Å²) >= 11 is 3.28. The number of rotatable bonds is 5. The van der Waals surface area contributed by atoms with Gasteiger partial charge in [0.2, 0.25) is 0 Å². The molecule has 0 radical (unpaired) electrons. The van der Waals surface area contributed by atoms with Crippen LogP contribution in [-0.4, -0.2) is 24.7 Å². The molecule has 0 saturated carbocycles. The maximum atomic E-state index is 12.0. The molecule has 0 heterocycles. The lowest BCUT2D eigenvalue weighted by Crippen LogP contribution is -2.25. The maximum absolute atomic E-state index is 12.0. The molecule has 5 heteroatoms. The normalized spacial score (nSPS) is 10.2. The van der Waals surface area contributed by atoms with E-state index >= 15 is 0 Å². The second-order valence-electron chi connectivity index (χ2n) is 4.48. The molecule has 0 aromatic heterocycles. The van der Waals surface area contributed by atoms with E-state index in [0.717, 1.165) is 15.8 Å². The van der Waals surface area contributed by atoms with Crippen LogP contribution in [0.15, 0.2) is 46.9 Å². The zero-order valence-corrected chi connectivity index (χ0v) is 13.2.